The molecule has 8 rings (SSSR count). The first-order valence-corrected chi connectivity index (χ1v) is 20.4. The lowest BCUT2D eigenvalue weighted by Crippen LogP contribution is -2.38. The summed E-state index contributed by atoms with van der Waals surface area (Å²) in [4.78, 5) is 27.0. The van der Waals surface area contributed by atoms with E-state index in [0.717, 1.165) is 43.8 Å². The number of hydrogen-bond acceptors (Lipinski definition) is 6. The average molecular weight is 928 g/mol. The van der Waals surface area contributed by atoms with Gasteiger partial charge in [-0.25, -0.2) is 9.59 Å². The number of urea groups is 1. The highest BCUT2D eigenvalue weighted by Crippen LogP contribution is 2.33. The van der Waals surface area contributed by atoms with Crippen molar-refractivity contribution in [2.45, 2.75) is 63.2 Å². The quantitative estimate of drug-likeness (QED) is 0.0693. The van der Waals surface area contributed by atoms with Gasteiger partial charge in [-0.05, 0) is 102 Å². The lowest BCUT2D eigenvalue weighted by molar-refractivity contribution is -0.138. The number of fused-ring (bicyclic) bond motifs is 2. The number of carbonyl (C=O) groups excluding carboxylic acids is 2. The van der Waals surface area contributed by atoms with Crippen LogP contribution >= 0.6 is 24.8 Å². The second kappa shape index (κ2) is 23.5. The molecule has 0 saturated carbocycles. The molecule has 2 heterocycles. The van der Waals surface area contributed by atoms with Gasteiger partial charge in [-0.15, -0.1) is 24.8 Å². The summed E-state index contributed by atoms with van der Waals surface area (Å²) in [7, 11) is 0. The second-order valence-electron chi connectivity index (χ2n) is 15.3. The Morgan fingerprint density at radius 2 is 1.20 bits per heavy atom. The van der Waals surface area contributed by atoms with Gasteiger partial charge in [0.1, 0.15) is 0 Å². The summed E-state index contributed by atoms with van der Waals surface area (Å²) in [5.74, 6) is 0. The van der Waals surface area contributed by atoms with E-state index in [0.29, 0.717) is 25.2 Å². The number of alkyl halides is 6. The Balaban J connectivity index is 0.000000230. The molecule has 0 bridgehead atoms. The number of hydrogen-bond donors (Lipinski definition) is 4. The van der Waals surface area contributed by atoms with Crippen LogP contribution in [-0.2, 0) is 17.1 Å². The second-order valence-corrected chi connectivity index (χ2v) is 15.3. The molecule has 4 atom stereocenters. The number of nitrogens with zero attached hydrogens (tertiary/aromatic N) is 2. The maximum atomic E-state index is 12.9. The van der Waals surface area contributed by atoms with Crippen molar-refractivity contribution in [2.24, 2.45) is 4.99 Å². The van der Waals surface area contributed by atoms with E-state index < -0.39 is 23.5 Å². The molecule has 2 aliphatic heterocycles. The lowest BCUT2D eigenvalue weighted by atomic mass is 9.99. The summed E-state index contributed by atoms with van der Waals surface area (Å²) in [6.45, 7) is 7.65. The average Bonchev–Trinajstić information content (AvgIpc) is 3.96. The van der Waals surface area contributed by atoms with E-state index in [1.807, 2.05) is 18.2 Å². The van der Waals surface area contributed by atoms with Gasteiger partial charge in [0.15, 0.2) is 0 Å². The fraction of sp³-hybridized carbons (Fsp3) is 0.292. The minimum Gasteiger partial charge on any atom is -0.323 e. The number of isocyanates is 1. The van der Waals surface area contributed by atoms with Gasteiger partial charge in [0.05, 0.1) is 16.8 Å². The van der Waals surface area contributed by atoms with Crippen LogP contribution in [0.2, 0.25) is 0 Å². The number of benzene rings is 6. The lowest BCUT2D eigenvalue weighted by Gasteiger charge is -2.22. The van der Waals surface area contributed by atoms with Crippen molar-refractivity contribution in [3.63, 3.8) is 0 Å². The third-order valence-corrected chi connectivity index (χ3v) is 10.9. The Morgan fingerprint density at radius 3 is 1.75 bits per heavy atom. The fourth-order valence-electron chi connectivity index (χ4n) is 7.80. The number of likely N-dealkylation sites (tertiary alicyclic amines) is 1. The predicted molar refractivity (Wildman–Crippen MR) is 246 cm³/mol. The smallest absolute Gasteiger partial charge is 0.323 e. The van der Waals surface area contributed by atoms with Crippen LogP contribution in [0.3, 0.4) is 0 Å². The molecule has 0 unspecified atom stereocenters. The van der Waals surface area contributed by atoms with Crippen LogP contribution < -0.4 is 21.3 Å². The molecule has 0 aromatic heterocycles. The van der Waals surface area contributed by atoms with Crippen LogP contribution in [0.4, 0.5) is 42.5 Å². The van der Waals surface area contributed by atoms with Gasteiger partial charge >= 0.3 is 18.4 Å². The van der Waals surface area contributed by atoms with Crippen LogP contribution in [0.25, 0.3) is 21.5 Å². The number of halogens is 8. The van der Waals surface area contributed by atoms with Crippen molar-refractivity contribution in [2.75, 3.05) is 31.5 Å². The third kappa shape index (κ3) is 14.0. The Labute approximate surface area is 380 Å². The molecule has 64 heavy (non-hydrogen) atoms. The molecule has 0 radical (unpaired) electrons. The zero-order valence-electron chi connectivity index (χ0n) is 35.0. The SMILES string of the molecule is C[C@@H](N[C@H]1CCN(C(=O)Nc2cccc(C(F)(F)F)c2)C1)c1cccc2ccccc12.C[C@@H](N[C@H]1CCNC1)c1cccc2ccccc12.Cl.Cl.O=C=Nc1cccc(C(F)(F)F)c1. The molecule has 2 aliphatic rings. The minimum atomic E-state index is -4.44. The highest BCUT2D eigenvalue weighted by Gasteiger charge is 2.32. The number of rotatable bonds is 8. The number of aliphatic imine (C=N–C) groups is 1. The van der Waals surface area contributed by atoms with Gasteiger partial charge in [-0.1, -0.05) is 97.1 Å². The summed E-state index contributed by atoms with van der Waals surface area (Å²) >= 11 is 0. The van der Waals surface area contributed by atoms with E-state index in [9.17, 15) is 35.9 Å². The molecule has 0 aliphatic carbocycles. The normalized spacial score (nSPS) is 16.7. The van der Waals surface area contributed by atoms with E-state index in [1.54, 1.807) is 4.90 Å². The zero-order chi connectivity index (χ0) is 44.3. The molecule has 8 nitrogen and oxygen atoms in total. The van der Waals surface area contributed by atoms with Crippen LogP contribution in [0.15, 0.2) is 138 Å². The number of amides is 2. The van der Waals surface area contributed by atoms with Gasteiger partial charge in [0.2, 0.25) is 6.08 Å². The highest BCUT2D eigenvalue weighted by molar-refractivity contribution is 5.90. The first-order chi connectivity index (χ1) is 29.7. The summed E-state index contributed by atoms with van der Waals surface area (Å²) in [5, 5.41) is 18.4. The van der Waals surface area contributed by atoms with Crippen LogP contribution in [0.5, 0.6) is 0 Å². The van der Waals surface area contributed by atoms with Gasteiger partial charge in [0.25, 0.3) is 0 Å². The predicted octanol–water partition coefficient (Wildman–Crippen LogP) is 12.2. The van der Waals surface area contributed by atoms with E-state index in [2.05, 4.69) is 107 Å². The van der Waals surface area contributed by atoms with Gasteiger partial charge in [-0.3, -0.25) is 0 Å². The zero-order valence-corrected chi connectivity index (χ0v) is 36.7. The topological polar surface area (TPSA) is 97.9 Å². The Morgan fingerprint density at radius 1 is 0.688 bits per heavy atom. The molecule has 16 heteroatoms. The van der Waals surface area contributed by atoms with Crippen molar-refractivity contribution in [3.05, 3.63) is 156 Å². The first-order valence-electron chi connectivity index (χ1n) is 20.4. The van der Waals surface area contributed by atoms with E-state index in [1.165, 1.54) is 69.4 Å². The van der Waals surface area contributed by atoms with Crippen molar-refractivity contribution in [1.29, 1.82) is 0 Å². The Hall–Kier alpha value is -5.47. The molecule has 340 valence electrons. The molecule has 0 spiro atoms. The summed E-state index contributed by atoms with van der Waals surface area (Å²) in [6.07, 6.45) is -5.67. The molecule has 2 saturated heterocycles. The van der Waals surface area contributed by atoms with E-state index in [-0.39, 0.29) is 54.3 Å². The monoisotopic (exact) mass is 926 g/mol. The molecule has 2 fully saturated rings. The van der Waals surface area contributed by atoms with Crippen molar-refractivity contribution in [1.82, 2.24) is 20.9 Å². The Bertz CT molecular complexity index is 2480. The van der Waals surface area contributed by atoms with Gasteiger partial charge in [-0.2, -0.15) is 31.3 Å². The van der Waals surface area contributed by atoms with Crippen molar-refractivity contribution < 1.29 is 35.9 Å². The molecule has 6 aromatic carbocycles. The molecule has 4 N–H and O–H groups in total. The molecular formula is C48H50Cl2F6N6O2. The van der Waals surface area contributed by atoms with Crippen LogP contribution in [0.1, 0.15) is 61.0 Å². The first kappa shape index (κ1) is 51.2. The molecule has 2 amide bonds. The maximum Gasteiger partial charge on any atom is 0.416 e. The van der Waals surface area contributed by atoms with Crippen LogP contribution in [-0.4, -0.2) is 55.3 Å². The van der Waals surface area contributed by atoms with E-state index in [4.69, 9.17) is 0 Å². The number of carbonyl (C=O) groups is 1. The van der Waals surface area contributed by atoms with Gasteiger partial charge < -0.3 is 26.2 Å². The number of anilines is 1. The molecule has 6 aromatic rings. The summed E-state index contributed by atoms with van der Waals surface area (Å²) in [5.41, 5.74) is 1.08. The standard InChI is InChI=1S/C24H24F3N3O.C16H20N2.C8H4F3NO.2ClH/c1-16(21-11-4-7-17-6-2-3-10-22(17)21)28-20-12-13-30(15-20)23(31)29-19-9-5-8-18(14-19)24(25,26)27;1-12(18-14-9-10-17-11-14)15-8-4-6-13-5-2-3-7-16(13)15;9-8(10,11)6-2-1-3-7(4-6)12-5-13;;/h2-11,14,16,20,28H,12-13,15H2,1H3,(H,29,31);2-8,12,14,17-18H,9-11H2,1H3;1-4H;2*1H/t16-,20+;12-,14+;;;/m11.../s1. The minimum absolute atomic E-state index is 0. The summed E-state index contributed by atoms with van der Waals surface area (Å²) < 4.78 is 74.9. The third-order valence-electron chi connectivity index (χ3n) is 10.9. The molecular weight excluding hydrogens is 877 g/mol. The highest BCUT2D eigenvalue weighted by atomic mass is 35.5. The van der Waals surface area contributed by atoms with Gasteiger partial charge in [0, 0.05) is 49.5 Å². The van der Waals surface area contributed by atoms with Crippen LogP contribution in [0, 0.1) is 0 Å². The largest absolute Gasteiger partial charge is 0.416 e. The van der Waals surface area contributed by atoms with E-state index >= 15 is 0 Å². The fourth-order valence-corrected chi connectivity index (χ4v) is 7.80. The summed E-state index contributed by atoms with van der Waals surface area (Å²) in [6, 6.07) is 39.3. The maximum absolute atomic E-state index is 12.9. The van der Waals surface area contributed by atoms with Crippen molar-refractivity contribution in [3.8, 4) is 0 Å². The Kier molecular flexibility index (Phi) is 18.8. The van der Waals surface area contributed by atoms with Crippen molar-refractivity contribution >= 4 is 69.8 Å². The number of nitrogens with one attached hydrogen (secondary N) is 4.